The van der Waals surface area contributed by atoms with Crippen LogP contribution in [0, 0.1) is 0 Å². The molecule has 0 fully saturated rings. The predicted molar refractivity (Wildman–Crippen MR) is 137 cm³/mol. The monoisotopic (exact) mass is 547 g/mol. The number of primary amides is 2. The van der Waals surface area contributed by atoms with E-state index in [1.807, 2.05) is 0 Å². The number of nitrogens with zero attached hydrogens (tertiary/aromatic N) is 1. The van der Waals surface area contributed by atoms with E-state index in [0.29, 0.717) is 5.75 Å². The maximum absolute atomic E-state index is 12.9. The van der Waals surface area contributed by atoms with E-state index in [2.05, 4.69) is 20.9 Å². The van der Waals surface area contributed by atoms with Gasteiger partial charge < -0.3 is 49.7 Å². The lowest BCUT2D eigenvalue weighted by molar-refractivity contribution is -0.142. The molecule has 4 unspecified atom stereocenters. The summed E-state index contributed by atoms with van der Waals surface area (Å²) in [6.07, 6.45) is 1.32. The lowest BCUT2D eigenvalue weighted by atomic mass is 10.1. The number of nitrogens with one attached hydrogen (secondary N) is 3. The van der Waals surface area contributed by atoms with Crippen molar-refractivity contribution in [2.24, 2.45) is 33.7 Å². The molecule has 0 aliphatic rings. The Morgan fingerprint density at radius 2 is 1.38 bits per heavy atom. The summed E-state index contributed by atoms with van der Waals surface area (Å²) in [5.41, 5.74) is 26.4. The Labute approximate surface area is 218 Å². The average molecular weight is 548 g/mol. The second-order valence-corrected chi connectivity index (χ2v) is 9.02. The summed E-state index contributed by atoms with van der Waals surface area (Å²) in [7, 11) is 0. The minimum atomic E-state index is -1.51. The standard InChI is InChI=1S/C20H37N9O7S/c1-37-8-6-11(27-16(32)10(21)4-5-14(22)30)17(33)29-13(9-15(23)31)18(34)28-12(19(35)36)3-2-7-26-20(24)25/h10-13H,2-9,21H2,1H3,(H2,22,30)(H2,23,31)(H,27,32)(H,28,34)(H,29,33)(H,35,36)(H4,24,25,26). The van der Waals surface area contributed by atoms with Crippen LogP contribution in [0.15, 0.2) is 4.99 Å². The highest BCUT2D eigenvalue weighted by molar-refractivity contribution is 7.98. The van der Waals surface area contributed by atoms with Crippen LogP contribution in [0.5, 0.6) is 0 Å². The molecule has 16 nitrogen and oxygen atoms in total. The number of aliphatic carboxylic acids is 1. The van der Waals surface area contributed by atoms with Gasteiger partial charge in [-0.15, -0.1) is 0 Å². The molecule has 0 aliphatic heterocycles. The normalized spacial score (nSPS) is 13.8. The van der Waals surface area contributed by atoms with Gasteiger partial charge in [-0.2, -0.15) is 11.8 Å². The summed E-state index contributed by atoms with van der Waals surface area (Å²) in [6.45, 7) is 0.127. The summed E-state index contributed by atoms with van der Waals surface area (Å²) in [6, 6.07) is -5.12. The van der Waals surface area contributed by atoms with Crippen molar-refractivity contribution >= 4 is 53.2 Å². The Kier molecular flexibility index (Phi) is 16.0. The fourth-order valence-corrected chi connectivity index (χ4v) is 3.40. The molecule has 0 saturated heterocycles. The molecule has 0 aromatic carbocycles. The summed E-state index contributed by atoms with van der Waals surface area (Å²) in [5.74, 6) is -5.15. The largest absolute Gasteiger partial charge is 0.480 e. The SMILES string of the molecule is CSCCC(NC(=O)C(N)CCC(N)=O)C(=O)NC(CC(N)=O)C(=O)NC(CCCN=C(N)N)C(=O)O. The molecular weight excluding hydrogens is 510 g/mol. The van der Waals surface area contributed by atoms with Gasteiger partial charge in [-0.25, -0.2) is 4.79 Å². The lowest BCUT2D eigenvalue weighted by Gasteiger charge is -2.24. The number of amides is 5. The number of carbonyl (C=O) groups excluding carboxylic acids is 5. The van der Waals surface area contributed by atoms with Gasteiger partial charge >= 0.3 is 5.97 Å². The highest BCUT2D eigenvalue weighted by Crippen LogP contribution is 2.06. The van der Waals surface area contributed by atoms with E-state index >= 15 is 0 Å². The minimum Gasteiger partial charge on any atom is -0.480 e. The third-order valence-electron chi connectivity index (χ3n) is 4.88. The average Bonchev–Trinajstić information content (AvgIpc) is 2.80. The van der Waals surface area contributed by atoms with Gasteiger partial charge in [-0.3, -0.25) is 29.0 Å². The molecule has 0 saturated carbocycles. The smallest absolute Gasteiger partial charge is 0.326 e. The van der Waals surface area contributed by atoms with Crippen molar-refractivity contribution in [2.45, 2.75) is 62.7 Å². The van der Waals surface area contributed by atoms with Crippen molar-refractivity contribution in [3.05, 3.63) is 0 Å². The van der Waals surface area contributed by atoms with Crippen LogP contribution in [0.3, 0.4) is 0 Å². The van der Waals surface area contributed by atoms with Gasteiger partial charge in [0.1, 0.15) is 18.1 Å². The molecule has 14 N–H and O–H groups in total. The van der Waals surface area contributed by atoms with Crippen molar-refractivity contribution in [2.75, 3.05) is 18.6 Å². The van der Waals surface area contributed by atoms with E-state index in [-0.39, 0.29) is 44.6 Å². The van der Waals surface area contributed by atoms with Crippen molar-refractivity contribution < 1.29 is 33.9 Å². The molecule has 5 amide bonds. The van der Waals surface area contributed by atoms with Gasteiger partial charge in [-0.1, -0.05) is 0 Å². The van der Waals surface area contributed by atoms with Gasteiger partial charge in [0, 0.05) is 13.0 Å². The van der Waals surface area contributed by atoms with Crippen LogP contribution in [0.4, 0.5) is 0 Å². The molecule has 0 aliphatic carbocycles. The maximum atomic E-state index is 12.9. The van der Waals surface area contributed by atoms with Gasteiger partial charge in [-0.05, 0) is 37.7 Å². The number of nitrogens with two attached hydrogens (primary N) is 5. The molecule has 0 heterocycles. The van der Waals surface area contributed by atoms with Crippen molar-refractivity contribution in [1.29, 1.82) is 0 Å². The Balaban J connectivity index is 5.44. The molecule has 17 heteroatoms. The highest BCUT2D eigenvalue weighted by atomic mass is 32.2. The zero-order valence-corrected chi connectivity index (χ0v) is 21.4. The molecule has 0 aromatic rings. The first kappa shape index (κ1) is 33.4. The number of rotatable bonds is 19. The topological polar surface area (TPSA) is 301 Å². The number of carboxylic acid groups (broad SMARTS) is 1. The summed E-state index contributed by atoms with van der Waals surface area (Å²) < 4.78 is 0. The molecule has 37 heavy (non-hydrogen) atoms. The molecule has 0 spiro atoms. The molecule has 4 atom stereocenters. The van der Waals surface area contributed by atoms with Gasteiger partial charge in [0.15, 0.2) is 5.96 Å². The number of carbonyl (C=O) groups is 6. The van der Waals surface area contributed by atoms with Crippen LogP contribution in [0.25, 0.3) is 0 Å². The number of guanidine groups is 1. The number of hydrogen-bond acceptors (Lipinski definition) is 9. The predicted octanol–water partition coefficient (Wildman–Crippen LogP) is -4.20. The summed E-state index contributed by atoms with van der Waals surface area (Å²) >= 11 is 1.39. The van der Waals surface area contributed by atoms with E-state index in [1.54, 1.807) is 6.26 Å². The summed E-state index contributed by atoms with van der Waals surface area (Å²) in [4.78, 5) is 75.9. The van der Waals surface area contributed by atoms with Crippen LogP contribution in [0.2, 0.25) is 0 Å². The highest BCUT2D eigenvalue weighted by Gasteiger charge is 2.31. The Hall–Kier alpha value is -3.60. The quantitative estimate of drug-likeness (QED) is 0.0424. The number of hydrogen-bond donors (Lipinski definition) is 9. The molecule has 0 bridgehead atoms. The van der Waals surface area contributed by atoms with Crippen LogP contribution < -0.4 is 44.6 Å². The lowest BCUT2D eigenvalue weighted by Crippen LogP contribution is -2.57. The van der Waals surface area contributed by atoms with Crippen molar-refractivity contribution in [3.8, 4) is 0 Å². The van der Waals surface area contributed by atoms with E-state index in [1.165, 1.54) is 11.8 Å². The Morgan fingerprint density at radius 3 is 1.89 bits per heavy atom. The Bertz CT molecular complexity index is 852. The maximum Gasteiger partial charge on any atom is 0.326 e. The number of aliphatic imine (C=N–C) groups is 1. The van der Waals surface area contributed by atoms with Crippen LogP contribution in [-0.2, 0) is 28.8 Å². The van der Waals surface area contributed by atoms with Crippen molar-refractivity contribution in [1.82, 2.24) is 16.0 Å². The molecule has 0 radical (unpaired) electrons. The second-order valence-electron chi connectivity index (χ2n) is 8.03. The van der Waals surface area contributed by atoms with E-state index < -0.39 is 66.1 Å². The zero-order chi connectivity index (χ0) is 28.5. The second kappa shape index (κ2) is 17.8. The first-order valence-electron chi connectivity index (χ1n) is 11.3. The van der Waals surface area contributed by atoms with Gasteiger partial charge in [0.05, 0.1) is 12.5 Å². The number of thioether (sulfide) groups is 1. The Morgan fingerprint density at radius 1 is 0.811 bits per heavy atom. The molecule has 0 rings (SSSR count). The fourth-order valence-electron chi connectivity index (χ4n) is 2.93. The minimum absolute atomic E-state index is 0.0370. The number of carboxylic acids is 1. The van der Waals surface area contributed by atoms with Crippen molar-refractivity contribution in [3.63, 3.8) is 0 Å². The first-order chi connectivity index (χ1) is 17.3. The fraction of sp³-hybridized carbons (Fsp3) is 0.650. The summed E-state index contributed by atoms with van der Waals surface area (Å²) in [5, 5.41) is 16.5. The van der Waals surface area contributed by atoms with Gasteiger partial charge in [0.2, 0.25) is 29.5 Å². The van der Waals surface area contributed by atoms with E-state index in [0.717, 1.165) is 0 Å². The van der Waals surface area contributed by atoms with E-state index in [4.69, 9.17) is 28.7 Å². The van der Waals surface area contributed by atoms with E-state index in [9.17, 15) is 33.9 Å². The van der Waals surface area contributed by atoms with Crippen LogP contribution >= 0.6 is 11.8 Å². The van der Waals surface area contributed by atoms with Gasteiger partial charge in [0.25, 0.3) is 0 Å². The third-order valence-corrected chi connectivity index (χ3v) is 5.52. The first-order valence-corrected chi connectivity index (χ1v) is 12.7. The van der Waals surface area contributed by atoms with Crippen LogP contribution in [-0.4, -0.2) is 89.3 Å². The third kappa shape index (κ3) is 15.2. The molecule has 210 valence electrons. The molecule has 0 aromatic heterocycles. The zero-order valence-electron chi connectivity index (χ0n) is 20.6. The molecular formula is C20H37N9O7S. The van der Waals surface area contributed by atoms with Crippen LogP contribution in [0.1, 0.15) is 38.5 Å².